The molecule has 0 spiro atoms. The largest absolute Gasteiger partial charge is 0.487 e. The fourth-order valence-electron chi connectivity index (χ4n) is 3.79. The molecule has 0 saturated heterocycles. The Morgan fingerprint density at radius 1 is 0.938 bits per heavy atom. The van der Waals surface area contributed by atoms with Gasteiger partial charge in [0, 0.05) is 0 Å². The van der Waals surface area contributed by atoms with Crippen molar-refractivity contribution in [3.05, 3.63) is 87.9 Å². The summed E-state index contributed by atoms with van der Waals surface area (Å²) in [4.78, 5) is 13.4. The van der Waals surface area contributed by atoms with Gasteiger partial charge in [-0.1, -0.05) is 53.6 Å². The maximum Gasteiger partial charge on any atom is 0.294 e. The molecule has 3 aromatic rings. The number of carbonyl (C=O) groups excluding carboxylic acids is 1. The number of nitrogens with zero attached hydrogens (tertiary/aromatic N) is 2. The van der Waals surface area contributed by atoms with Gasteiger partial charge < -0.3 is 9.47 Å². The zero-order valence-corrected chi connectivity index (χ0v) is 19.3. The van der Waals surface area contributed by atoms with E-state index in [1.165, 1.54) is 5.01 Å². The zero-order chi connectivity index (χ0) is 22.8. The van der Waals surface area contributed by atoms with Crippen molar-refractivity contribution in [2.24, 2.45) is 5.10 Å². The molecule has 0 saturated carbocycles. The van der Waals surface area contributed by atoms with Gasteiger partial charge in [-0.15, -0.1) is 0 Å². The normalized spacial score (nSPS) is 15.7. The first kappa shape index (κ1) is 21.9. The van der Waals surface area contributed by atoms with Crippen LogP contribution in [-0.2, 0) is 4.79 Å². The van der Waals surface area contributed by atoms with Crippen LogP contribution >= 0.6 is 11.6 Å². The second-order valence-electron chi connectivity index (χ2n) is 8.02. The van der Waals surface area contributed by atoms with Crippen LogP contribution in [0.25, 0.3) is 0 Å². The van der Waals surface area contributed by atoms with Crippen molar-refractivity contribution in [1.82, 2.24) is 0 Å². The van der Waals surface area contributed by atoms with Crippen LogP contribution in [0.1, 0.15) is 22.3 Å². The molecule has 0 fully saturated rings. The highest BCUT2D eigenvalue weighted by Gasteiger charge is 2.40. The number of aryl methyl sites for hydroxylation is 4. The van der Waals surface area contributed by atoms with Crippen molar-refractivity contribution in [3.63, 3.8) is 0 Å². The third-order valence-electron chi connectivity index (χ3n) is 5.28. The third kappa shape index (κ3) is 4.48. The molecule has 6 heteroatoms. The first-order valence-electron chi connectivity index (χ1n) is 10.4. The van der Waals surface area contributed by atoms with Gasteiger partial charge in [-0.2, -0.15) is 10.1 Å². The summed E-state index contributed by atoms with van der Waals surface area (Å²) in [6.45, 7) is 8.01. The van der Waals surface area contributed by atoms with Gasteiger partial charge in [-0.3, -0.25) is 4.79 Å². The molecule has 3 aromatic carbocycles. The molecule has 1 unspecified atom stereocenters. The first-order chi connectivity index (χ1) is 15.3. The van der Waals surface area contributed by atoms with E-state index in [0.29, 0.717) is 22.2 Å². The second kappa shape index (κ2) is 9.05. The summed E-state index contributed by atoms with van der Waals surface area (Å²) in [5, 5.41) is 6.40. The standard InChI is InChI=1S/C26H25ClN2O3/c1-16-10-11-23(18(3)12-16)31-15-22-25(32-20-8-6-5-7-9-20)26(30)29(28-22)24-19(4)13-17(2)14-21(24)27/h5-14,25H,15H2,1-4H3. The van der Waals surface area contributed by atoms with Gasteiger partial charge in [0.25, 0.3) is 5.91 Å². The number of rotatable bonds is 6. The fourth-order valence-corrected chi connectivity index (χ4v) is 4.19. The Bertz CT molecular complexity index is 1170. The number of hydrazone groups is 1. The topological polar surface area (TPSA) is 51.1 Å². The summed E-state index contributed by atoms with van der Waals surface area (Å²) in [5.74, 6) is 1.02. The number of hydrogen-bond acceptors (Lipinski definition) is 4. The number of amides is 1. The number of anilines is 1. The van der Waals surface area contributed by atoms with E-state index in [4.69, 9.17) is 21.1 Å². The predicted octanol–water partition coefficient (Wildman–Crippen LogP) is 5.80. The highest BCUT2D eigenvalue weighted by Crippen LogP contribution is 2.34. The molecule has 0 aliphatic carbocycles. The van der Waals surface area contributed by atoms with Crippen LogP contribution in [0.15, 0.2) is 65.8 Å². The minimum Gasteiger partial charge on any atom is -0.487 e. The molecular formula is C26H25ClN2O3. The van der Waals surface area contributed by atoms with Gasteiger partial charge in [0.1, 0.15) is 23.8 Å². The summed E-state index contributed by atoms with van der Waals surface area (Å²) >= 11 is 6.51. The monoisotopic (exact) mass is 448 g/mol. The molecule has 5 nitrogen and oxygen atoms in total. The zero-order valence-electron chi connectivity index (χ0n) is 18.6. The molecule has 0 aromatic heterocycles. The summed E-state index contributed by atoms with van der Waals surface area (Å²) in [6, 6.07) is 19.0. The van der Waals surface area contributed by atoms with Crippen LogP contribution in [0, 0.1) is 27.7 Å². The number of ether oxygens (including phenoxy) is 2. The van der Waals surface area contributed by atoms with Crippen molar-refractivity contribution in [2.45, 2.75) is 33.8 Å². The van der Waals surface area contributed by atoms with E-state index < -0.39 is 6.10 Å². The Morgan fingerprint density at radius 2 is 1.66 bits per heavy atom. The molecule has 1 amide bonds. The molecule has 0 bridgehead atoms. The van der Waals surface area contributed by atoms with Gasteiger partial charge in [0.15, 0.2) is 0 Å². The average molecular weight is 449 g/mol. The Hall–Kier alpha value is -3.31. The van der Waals surface area contributed by atoms with E-state index >= 15 is 0 Å². The number of benzene rings is 3. The molecular weight excluding hydrogens is 424 g/mol. The maximum absolute atomic E-state index is 13.4. The van der Waals surface area contributed by atoms with E-state index in [-0.39, 0.29) is 12.5 Å². The van der Waals surface area contributed by atoms with Crippen molar-refractivity contribution in [1.29, 1.82) is 0 Å². The minimum atomic E-state index is -0.903. The average Bonchev–Trinajstić information content (AvgIpc) is 3.03. The lowest BCUT2D eigenvalue weighted by molar-refractivity contribution is -0.121. The first-order valence-corrected chi connectivity index (χ1v) is 10.8. The van der Waals surface area contributed by atoms with E-state index in [0.717, 1.165) is 28.0 Å². The molecule has 1 aliphatic rings. The predicted molar refractivity (Wildman–Crippen MR) is 128 cm³/mol. The highest BCUT2D eigenvalue weighted by molar-refractivity contribution is 6.34. The van der Waals surface area contributed by atoms with Crippen LogP contribution < -0.4 is 14.5 Å². The number of para-hydroxylation sites is 1. The molecule has 1 heterocycles. The van der Waals surface area contributed by atoms with Gasteiger partial charge in [-0.25, -0.2) is 0 Å². The SMILES string of the molecule is Cc1ccc(OCC2=NN(c3c(C)cc(C)cc3Cl)C(=O)C2Oc2ccccc2)c(C)c1. The molecule has 1 aliphatic heterocycles. The minimum absolute atomic E-state index is 0.117. The highest BCUT2D eigenvalue weighted by atomic mass is 35.5. The van der Waals surface area contributed by atoms with E-state index in [1.807, 2.05) is 82.3 Å². The third-order valence-corrected chi connectivity index (χ3v) is 5.57. The Morgan fingerprint density at radius 3 is 2.34 bits per heavy atom. The van der Waals surface area contributed by atoms with Gasteiger partial charge >= 0.3 is 0 Å². The van der Waals surface area contributed by atoms with Gasteiger partial charge in [0.2, 0.25) is 6.10 Å². The Labute approximate surface area is 193 Å². The van der Waals surface area contributed by atoms with Crippen LogP contribution in [0.4, 0.5) is 5.69 Å². The Kier molecular flexibility index (Phi) is 6.19. The van der Waals surface area contributed by atoms with E-state index in [9.17, 15) is 4.79 Å². The van der Waals surface area contributed by atoms with Crippen molar-refractivity contribution in [2.75, 3.05) is 11.6 Å². The van der Waals surface area contributed by atoms with Crippen molar-refractivity contribution >= 4 is 28.9 Å². The molecule has 4 rings (SSSR count). The molecule has 1 atom stereocenters. The summed E-state index contributed by atoms with van der Waals surface area (Å²) < 4.78 is 12.1. The van der Waals surface area contributed by atoms with E-state index in [1.54, 1.807) is 0 Å². The molecule has 0 N–H and O–H groups in total. The van der Waals surface area contributed by atoms with Crippen molar-refractivity contribution < 1.29 is 14.3 Å². The smallest absolute Gasteiger partial charge is 0.294 e. The summed E-state index contributed by atoms with van der Waals surface area (Å²) in [6.07, 6.45) is -0.903. The lowest BCUT2D eigenvalue weighted by Gasteiger charge is -2.19. The lowest BCUT2D eigenvalue weighted by Crippen LogP contribution is -2.38. The number of hydrogen-bond donors (Lipinski definition) is 0. The summed E-state index contributed by atoms with van der Waals surface area (Å²) in [5.41, 5.74) is 5.10. The maximum atomic E-state index is 13.4. The fraction of sp³-hybridized carbons (Fsp3) is 0.231. The second-order valence-corrected chi connectivity index (χ2v) is 8.43. The van der Waals surface area contributed by atoms with Crippen molar-refractivity contribution in [3.8, 4) is 11.5 Å². The quantitative estimate of drug-likeness (QED) is 0.478. The Balaban J connectivity index is 1.67. The molecule has 0 radical (unpaired) electrons. The number of carbonyl (C=O) groups is 1. The van der Waals surface area contributed by atoms with E-state index in [2.05, 4.69) is 11.2 Å². The lowest BCUT2D eigenvalue weighted by atomic mass is 10.1. The summed E-state index contributed by atoms with van der Waals surface area (Å²) in [7, 11) is 0. The van der Waals surface area contributed by atoms with Crippen LogP contribution in [0.5, 0.6) is 11.5 Å². The van der Waals surface area contributed by atoms with Gasteiger partial charge in [-0.05, 0) is 68.7 Å². The van der Waals surface area contributed by atoms with Crippen LogP contribution in [0.2, 0.25) is 5.02 Å². The molecule has 164 valence electrons. The van der Waals surface area contributed by atoms with Crippen LogP contribution in [0.3, 0.4) is 0 Å². The van der Waals surface area contributed by atoms with Gasteiger partial charge in [0.05, 0.1) is 10.7 Å². The molecule has 32 heavy (non-hydrogen) atoms. The number of halogens is 1. The van der Waals surface area contributed by atoms with Crippen LogP contribution in [-0.4, -0.2) is 24.3 Å².